The Morgan fingerprint density at radius 1 is 0.970 bits per heavy atom. The lowest BCUT2D eigenvalue weighted by Gasteiger charge is -2.17. The topological polar surface area (TPSA) is 36.1 Å². The number of aromatic amines is 1. The molecular formula is C29H43FN2O. The minimum absolute atomic E-state index is 0.201. The van der Waals surface area contributed by atoms with Gasteiger partial charge >= 0.3 is 0 Å². The predicted molar refractivity (Wildman–Crippen MR) is 139 cm³/mol. The summed E-state index contributed by atoms with van der Waals surface area (Å²) in [7, 11) is 1.87. The lowest BCUT2D eigenvalue weighted by Crippen LogP contribution is -2.28. The van der Waals surface area contributed by atoms with Crippen LogP contribution in [0, 0.1) is 5.82 Å². The number of carbonyl (C=O) groups is 1. The van der Waals surface area contributed by atoms with Crippen LogP contribution >= 0.6 is 0 Å². The summed E-state index contributed by atoms with van der Waals surface area (Å²) in [6, 6.07) is 4.78. The second-order valence-electron chi connectivity index (χ2n) is 9.05. The van der Waals surface area contributed by atoms with Gasteiger partial charge in [-0.2, -0.15) is 0 Å². The van der Waals surface area contributed by atoms with Gasteiger partial charge in [-0.05, 0) is 68.7 Å². The Hall–Kier alpha value is -2.36. The molecule has 182 valence electrons. The van der Waals surface area contributed by atoms with E-state index in [1.54, 1.807) is 17.0 Å². The third kappa shape index (κ3) is 10.9. The van der Waals surface area contributed by atoms with Crippen LogP contribution in [-0.4, -0.2) is 29.4 Å². The summed E-state index contributed by atoms with van der Waals surface area (Å²) >= 11 is 0. The fourth-order valence-electron chi connectivity index (χ4n) is 4.05. The molecule has 1 aromatic carbocycles. The molecule has 1 heterocycles. The zero-order valence-corrected chi connectivity index (χ0v) is 20.8. The third-order valence-corrected chi connectivity index (χ3v) is 6.21. The van der Waals surface area contributed by atoms with Crippen molar-refractivity contribution in [2.45, 2.75) is 90.4 Å². The average Bonchev–Trinajstić information content (AvgIpc) is 3.21. The first kappa shape index (κ1) is 26.9. The molecule has 1 amide bonds. The molecule has 0 spiro atoms. The standard InChI is InChI=1S/C29H43FN2O/c1-3-4-5-6-7-8-9-10-11-12-13-14-15-16-17-18-29(33)32(2)22-21-25-24-31-28-20-19-26(30)23-27(25)28/h7-8,10-11,19-20,23-24,31H,3-6,9,12-18,21-22H2,1-2H3/b8-7-,11-10-. The van der Waals surface area contributed by atoms with Gasteiger partial charge in [-0.1, -0.05) is 63.3 Å². The maximum atomic E-state index is 13.5. The Labute approximate surface area is 200 Å². The number of aromatic nitrogens is 1. The fraction of sp³-hybridized carbons (Fsp3) is 0.552. The van der Waals surface area contributed by atoms with Gasteiger partial charge in [-0.25, -0.2) is 4.39 Å². The molecule has 2 aromatic rings. The Balaban J connectivity index is 1.48. The highest BCUT2D eigenvalue weighted by Crippen LogP contribution is 2.20. The van der Waals surface area contributed by atoms with Gasteiger partial charge in [0, 0.05) is 37.1 Å². The number of allylic oxidation sites excluding steroid dienone is 4. The summed E-state index contributed by atoms with van der Waals surface area (Å²) < 4.78 is 13.5. The van der Waals surface area contributed by atoms with E-state index in [1.807, 2.05) is 13.2 Å². The van der Waals surface area contributed by atoms with E-state index in [1.165, 1.54) is 51.0 Å². The SMILES string of the molecule is CCCCC/C=C\C/C=C\CCCCCCCC(=O)N(C)CCc1c[nH]c2ccc(F)cc12. The van der Waals surface area contributed by atoms with Crippen molar-refractivity contribution in [1.82, 2.24) is 9.88 Å². The van der Waals surface area contributed by atoms with Gasteiger partial charge < -0.3 is 9.88 Å². The number of unbranched alkanes of at least 4 members (excludes halogenated alkanes) is 8. The average molecular weight is 455 g/mol. The number of nitrogens with zero attached hydrogens (tertiary/aromatic N) is 1. The highest BCUT2D eigenvalue weighted by molar-refractivity contribution is 5.83. The molecule has 0 aliphatic heterocycles. The highest BCUT2D eigenvalue weighted by Gasteiger charge is 2.10. The van der Waals surface area contributed by atoms with Crippen LogP contribution in [0.25, 0.3) is 10.9 Å². The van der Waals surface area contributed by atoms with E-state index < -0.39 is 0 Å². The maximum absolute atomic E-state index is 13.5. The number of likely N-dealkylation sites (N-methyl/N-ethyl adjacent to an activating group) is 1. The summed E-state index contributed by atoms with van der Waals surface area (Å²) in [5.74, 6) is -0.0270. The van der Waals surface area contributed by atoms with Crippen LogP contribution in [0.5, 0.6) is 0 Å². The molecule has 3 nitrogen and oxygen atoms in total. The lowest BCUT2D eigenvalue weighted by molar-refractivity contribution is -0.130. The number of benzene rings is 1. The van der Waals surface area contributed by atoms with Gasteiger partial charge in [0.2, 0.25) is 5.91 Å². The van der Waals surface area contributed by atoms with Crippen LogP contribution in [0.3, 0.4) is 0 Å². The molecular weight excluding hydrogens is 411 g/mol. The van der Waals surface area contributed by atoms with E-state index in [4.69, 9.17) is 0 Å². The van der Waals surface area contributed by atoms with Crippen molar-refractivity contribution < 1.29 is 9.18 Å². The third-order valence-electron chi connectivity index (χ3n) is 6.21. The Morgan fingerprint density at radius 3 is 2.42 bits per heavy atom. The van der Waals surface area contributed by atoms with Crippen LogP contribution < -0.4 is 0 Å². The second-order valence-corrected chi connectivity index (χ2v) is 9.05. The second kappa shape index (κ2) is 16.3. The van der Waals surface area contributed by atoms with Gasteiger partial charge in [0.05, 0.1) is 0 Å². The fourth-order valence-corrected chi connectivity index (χ4v) is 4.05. The molecule has 0 saturated heterocycles. The largest absolute Gasteiger partial charge is 0.361 e. The molecule has 2 rings (SSSR count). The number of fused-ring (bicyclic) bond motifs is 1. The molecule has 1 aromatic heterocycles. The number of H-pyrrole nitrogens is 1. The number of halogens is 1. The summed E-state index contributed by atoms with van der Waals surface area (Å²) in [5.41, 5.74) is 1.99. The number of hydrogen-bond acceptors (Lipinski definition) is 1. The van der Waals surface area contributed by atoms with Gasteiger partial charge in [-0.3, -0.25) is 4.79 Å². The summed E-state index contributed by atoms with van der Waals surface area (Å²) in [6.45, 7) is 2.90. The molecule has 0 bridgehead atoms. The van der Waals surface area contributed by atoms with Crippen molar-refractivity contribution in [1.29, 1.82) is 0 Å². The first-order valence-electron chi connectivity index (χ1n) is 12.9. The van der Waals surface area contributed by atoms with Crippen molar-refractivity contribution in [2.24, 2.45) is 0 Å². The van der Waals surface area contributed by atoms with Crippen LogP contribution in [0.1, 0.15) is 89.5 Å². The van der Waals surface area contributed by atoms with Crippen molar-refractivity contribution in [2.75, 3.05) is 13.6 Å². The molecule has 0 aliphatic carbocycles. The number of nitrogens with one attached hydrogen (secondary N) is 1. The van der Waals surface area contributed by atoms with Crippen molar-refractivity contribution in [3.8, 4) is 0 Å². The Morgan fingerprint density at radius 2 is 1.67 bits per heavy atom. The van der Waals surface area contributed by atoms with E-state index in [2.05, 4.69) is 36.2 Å². The molecule has 0 unspecified atom stereocenters. The number of rotatable bonds is 17. The van der Waals surface area contributed by atoms with E-state index in [0.29, 0.717) is 13.0 Å². The van der Waals surface area contributed by atoms with Crippen LogP contribution in [0.2, 0.25) is 0 Å². The zero-order chi connectivity index (χ0) is 23.7. The molecule has 1 N–H and O–H groups in total. The predicted octanol–water partition coefficient (Wildman–Crippen LogP) is 8.12. The van der Waals surface area contributed by atoms with Gasteiger partial charge in [-0.15, -0.1) is 0 Å². The van der Waals surface area contributed by atoms with Crippen molar-refractivity contribution in [3.63, 3.8) is 0 Å². The molecule has 0 fully saturated rings. The van der Waals surface area contributed by atoms with Crippen LogP contribution in [0.15, 0.2) is 48.7 Å². The molecule has 33 heavy (non-hydrogen) atoms. The lowest BCUT2D eigenvalue weighted by atomic mass is 10.1. The Bertz CT molecular complexity index is 868. The van der Waals surface area contributed by atoms with E-state index in [9.17, 15) is 9.18 Å². The van der Waals surface area contributed by atoms with E-state index in [0.717, 1.165) is 48.6 Å². The summed E-state index contributed by atoms with van der Waals surface area (Å²) in [6.07, 6.45) is 25.5. The van der Waals surface area contributed by atoms with E-state index >= 15 is 0 Å². The monoisotopic (exact) mass is 454 g/mol. The Kier molecular flexibility index (Phi) is 13.3. The van der Waals surface area contributed by atoms with Crippen molar-refractivity contribution >= 4 is 16.8 Å². The smallest absolute Gasteiger partial charge is 0.222 e. The number of carbonyl (C=O) groups excluding carboxylic acids is 1. The maximum Gasteiger partial charge on any atom is 0.222 e. The minimum Gasteiger partial charge on any atom is -0.361 e. The molecule has 0 atom stereocenters. The minimum atomic E-state index is -0.228. The first-order chi connectivity index (χ1) is 16.1. The highest BCUT2D eigenvalue weighted by atomic mass is 19.1. The molecule has 0 aliphatic rings. The summed E-state index contributed by atoms with van der Waals surface area (Å²) in [4.78, 5) is 17.4. The van der Waals surface area contributed by atoms with Crippen molar-refractivity contribution in [3.05, 3.63) is 60.1 Å². The summed E-state index contributed by atoms with van der Waals surface area (Å²) in [5, 5.41) is 0.907. The molecule has 4 heteroatoms. The van der Waals surface area contributed by atoms with E-state index in [-0.39, 0.29) is 11.7 Å². The van der Waals surface area contributed by atoms with Crippen LogP contribution in [0.4, 0.5) is 4.39 Å². The van der Waals surface area contributed by atoms with Crippen LogP contribution in [-0.2, 0) is 11.2 Å². The first-order valence-corrected chi connectivity index (χ1v) is 12.9. The normalized spacial score (nSPS) is 11.8. The number of amides is 1. The van der Waals surface area contributed by atoms with Gasteiger partial charge in [0.1, 0.15) is 5.82 Å². The van der Waals surface area contributed by atoms with Gasteiger partial charge in [0.15, 0.2) is 0 Å². The zero-order valence-electron chi connectivity index (χ0n) is 20.8. The molecule has 0 saturated carbocycles. The van der Waals surface area contributed by atoms with Gasteiger partial charge in [0.25, 0.3) is 0 Å². The quantitative estimate of drug-likeness (QED) is 0.190. The molecule has 0 radical (unpaired) electrons. The number of hydrogen-bond donors (Lipinski definition) is 1.